The van der Waals surface area contributed by atoms with Gasteiger partial charge in [0.1, 0.15) is 6.26 Å². The Morgan fingerprint density at radius 2 is 2.15 bits per heavy atom. The summed E-state index contributed by atoms with van der Waals surface area (Å²) in [4.78, 5) is 3.81. The molecule has 0 fully saturated rings. The van der Waals surface area contributed by atoms with Crippen LogP contribution in [0.2, 0.25) is 5.02 Å². The molecule has 0 saturated carbocycles. The number of halogens is 1. The molecule has 4 heteroatoms. The van der Waals surface area contributed by atoms with Gasteiger partial charge in [0.05, 0.1) is 11.2 Å². The summed E-state index contributed by atoms with van der Waals surface area (Å²) in [5, 5.41) is 0.528. The minimum Gasteiger partial charge on any atom is -0.417 e. The Balaban J connectivity index is 2.24. The molecule has 2 aromatic rings. The van der Waals surface area contributed by atoms with Crippen LogP contribution in [0.1, 0.15) is 0 Å². The molecule has 1 heterocycles. The largest absolute Gasteiger partial charge is 0.417 e. The quantitative estimate of drug-likeness (QED) is 0.739. The van der Waals surface area contributed by atoms with E-state index in [1.54, 1.807) is 12.1 Å². The first-order valence-electron chi connectivity index (χ1n) is 3.68. The van der Waals surface area contributed by atoms with Crippen molar-refractivity contribution in [2.45, 2.75) is 0 Å². The first kappa shape index (κ1) is 8.13. The smallest absolute Gasteiger partial charge is 0.399 e. The summed E-state index contributed by atoms with van der Waals surface area (Å²) in [6.45, 7) is 0. The summed E-state index contributed by atoms with van der Waals surface area (Å²) < 4.78 is 10.1. The normalized spacial score (nSPS) is 9.92. The highest BCUT2D eigenvalue weighted by Crippen LogP contribution is 2.27. The van der Waals surface area contributed by atoms with Crippen molar-refractivity contribution in [3.05, 3.63) is 41.7 Å². The maximum atomic E-state index is 5.85. The lowest BCUT2D eigenvalue weighted by molar-refractivity contribution is 0.331. The first-order chi connectivity index (χ1) is 6.36. The number of aromatic nitrogens is 1. The topological polar surface area (TPSA) is 35.3 Å². The monoisotopic (exact) mass is 195 g/mol. The summed E-state index contributed by atoms with van der Waals surface area (Å²) in [7, 11) is 0. The number of para-hydroxylation sites is 1. The Labute approximate surface area is 79.9 Å². The lowest BCUT2D eigenvalue weighted by atomic mass is 10.3. The van der Waals surface area contributed by atoms with E-state index in [9.17, 15) is 0 Å². The predicted molar refractivity (Wildman–Crippen MR) is 48.0 cm³/mol. The van der Waals surface area contributed by atoms with Crippen molar-refractivity contribution in [3.8, 4) is 11.8 Å². The van der Waals surface area contributed by atoms with Crippen molar-refractivity contribution in [1.29, 1.82) is 0 Å². The standard InChI is InChI=1S/C9H6ClNO2/c10-7-3-1-2-4-8(7)13-9-11-5-6-12-9/h1-6H. The SMILES string of the molecule is Clc1ccccc1Oc1ncco1. The van der Waals surface area contributed by atoms with Gasteiger partial charge in [0, 0.05) is 0 Å². The van der Waals surface area contributed by atoms with Crippen LogP contribution in [-0.4, -0.2) is 4.98 Å². The van der Waals surface area contributed by atoms with Gasteiger partial charge in [-0.05, 0) is 12.1 Å². The predicted octanol–water partition coefficient (Wildman–Crippen LogP) is 3.12. The molecule has 13 heavy (non-hydrogen) atoms. The average molecular weight is 196 g/mol. The van der Waals surface area contributed by atoms with Crippen LogP contribution in [0.15, 0.2) is 41.1 Å². The zero-order valence-electron chi connectivity index (χ0n) is 6.61. The number of hydrogen-bond donors (Lipinski definition) is 0. The highest BCUT2D eigenvalue weighted by atomic mass is 35.5. The Kier molecular flexibility index (Phi) is 2.19. The minimum absolute atomic E-state index is 0.188. The van der Waals surface area contributed by atoms with Gasteiger partial charge in [-0.25, -0.2) is 0 Å². The number of nitrogens with zero attached hydrogens (tertiary/aromatic N) is 1. The molecule has 0 saturated heterocycles. The molecule has 0 atom stereocenters. The maximum absolute atomic E-state index is 5.85. The Hall–Kier alpha value is -1.48. The van der Waals surface area contributed by atoms with Gasteiger partial charge in [0.15, 0.2) is 5.75 Å². The van der Waals surface area contributed by atoms with E-state index >= 15 is 0 Å². The van der Waals surface area contributed by atoms with Crippen LogP contribution >= 0.6 is 11.6 Å². The Bertz CT molecular complexity index is 386. The molecule has 2 rings (SSSR count). The van der Waals surface area contributed by atoms with E-state index < -0.39 is 0 Å². The van der Waals surface area contributed by atoms with E-state index in [1.165, 1.54) is 12.5 Å². The molecule has 3 nitrogen and oxygen atoms in total. The third kappa shape index (κ3) is 1.81. The van der Waals surface area contributed by atoms with Crippen molar-refractivity contribution in [2.24, 2.45) is 0 Å². The van der Waals surface area contributed by atoms with Crippen LogP contribution in [-0.2, 0) is 0 Å². The molecule has 0 aliphatic rings. The minimum atomic E-state index is 0.188. The van der Waals surface area contributed by atoms with Crippen molar-refractivity contribution >= 4 is 11.6 Å². The molecule has 0 N–H and O–H groups in total. The second-order valence-corrected chi connectivity index (χ2v) is 2.74. The van der Waals surface area contributed by atoms with Crippen LogP contribution in [0.4, 0.5) is 0 Å². The Morgan fingerprint density at radius 1 is 1.31 bits per heavy atom. The maximum Gasteiger partial charge on any atom is 0.399 e. The van der Waals surface area contributed by atoms with E-state index in [-0.39, 0.29) is 6.08 Å². The molecule has 0 aliphatic carbocycles. The summed E-state index contributed by atoms with van der Waals surface area (Å²) in [6, 6.07) is 7.13. The fraction of sp³-hybridized carbons (Fsp3) is 0. The molecule has 0 radical (unpaired) electrons. The molecule has 0 aliphatic heterocycles. The molecule has 0 unspecified atom stereocenters. The molecule has 0 spiro atoms. The van der Waals surface area contributed by atoms with Crippen molar-refractivity contribution in [3.63, 3.8) is 0 Å². The molecule has 66 valence electrons. The number of benzene rings is 1. The van der Waals surface area contributed by atoms with E-state index in [1.807, 2.05) is 12.1 Å². The van der Waals surface area contributed by atoms with E-state index in [4.69, 9.17) is 20.8 Å². The van der Waals surface area contributed by atoms with Crippen molar-refractivity contribution in [2.75, 3.05) is 0 Å². The van der Waals surface area contributed by atoms with Gasteiger partial charge in [-0.1, -0.05) is 23.7 Å². The van der Waals surface area contributed by atoms with Gasteiger partial charge in [-0.15, -0.1) is 0 Å². The lowest BCUT2D eigenvalue weighted by Gasteiger charge is -2.01. The fourth-order valence-corrected chi connectivity index (χ4v) is 1.06. The van der Waals surface area contributed by atoms with Gasteiger partial charge in [0.2, 0.25) is 0 Å². The van der Waals surface area contributed by atoms with Crippen molar-refractivity contribution < 1.29 is 9.15 Å². The third-order valence-corrected chi connectivity index (χ3v) is 1.76. The molecule has 0 amide bonds. The van der Waals surface area contributed by atoms with Crippen LogP contribution in [0, 0.1) is 0 Å². The van der Waals surface area contributed by atoms with E-state index in [0.29, 0.717) is 10.8 Å². The third-order valence-electron chi connectivity index (χ3n) is 1.44. The van der Waals surface area contributed by atoms with Gasteiger partial charge < -0.3 is 9.15 Å². The molecule has 1 aromatic heterocycles. The number of rotatable bonds is 2. The van der Waals surface area contributed by atoms with Crippen LogP contribution in [0.3, 0.4) is 0 Å². The molecule has 0 bridgehead atoms. The van der Waals surface area contributed by atoms with Gasteiger partial charge in [-0.3, -0.25) is 0 Å². The summed E-state index contributed by atoms with van der Waals surface area (Å²) in [5.74, 6) is 0.534. The number of hydrogen-bond acceptors (Lipinski definition) is 3. The zero-order chi connectivity index (χ0) is 9.10. The molecular formula is C9H6ClNO2. The first-order valence-corrected chi connectivity index (χ1v) is 4.06. The number of oxazole rings is 1. The zero-order valence-corrected chi connectivity index (χ0v) is 7.36. The fourth-order valence-electron chi connectivity index (χ4n) is 0.882. The highest BCUT2D eigenvalue weighted by molar-refractivity contribution is 6.32. The van der Waals surface area contributed by atoms with Crippen LogP contribution in [0.5, 0.6) is 11.8 Å². The summed E-state index contributed by atoms with van der Waals surface area (Å²) >= 11 is 5.85. The van der Waals surface area contributed by atoms with Crippen molar-refractivity contribution in [1.82, 2.24) is 4.98 Å². The van der Waals surface area contributed by atoms with Gasteiger partial charge >= 0.3 is 6.08 Å². The Morgan fingerprint density at radius 3 is 2.85 bits per heavy atom. The number of ether oxygens (including phenoxy) is 1. The second kappa shape index (κ2) is 3.49. The van der Waals surface area contributed by atoms with Crippen LogP contribution in [0.25, 0.3) is 0 Å². The molecule has 1 aromatic carbocycles. The summed E-state index contributed by atoms with van der Waals surface area (Å²) in [6.07, 6.45) is 3.13. The molecular weight excluding hydrogens is 190 g/mol. The van der Waals surface area contributed by atoms with Gasteiger partial charge in [0.25, 0.3) is 0 Å². The van der Waals surface area contributed by atoms with Crippen LogP contribution < -0.4 is 4.74 Å². The highest BCUT2D eigenvalue weighted by Gasteiger charge is 2.03. The average Bonchev–Trinajstić information content (AvgIpc) is 2.61. The summed E-state index contributed by atoms with van der Waals surface area (Å²) in [5.41, 5.74) is 0. The van der Waals surface area contributed by atoms with E-state index in [0.717, 1.165) is 0 Å². The second-order valence-electron chi connectivity index (χ2n) is 2.33. The lowest BCUT2D eigenvalue weighted by Crippen LogP contribution is -1.83. The van der Waals surface area contributed by atoms with Gasteiger partial charge in [-0.2, -0.15) is 4.98 Å². The van der Waals surface area contributed by atoms with E-state index in [2.05, 4.69) is 4.98 Å².